The summed E-state index contributed by atoms with van der Waals surface area (Å²) in [5.41, 5.74) is 8.16. The Labute approximate surface area is 215 Å². The number of amides is 1. The van der Waals surface area contributed by atoms with Crippen LogP contribution in [0.25, 0.3) is 11.1 Å². The minimum atomic E-state index is -2.30. The Balaban J connectivity index is 1.52. The predicted molar refractivity (Wildman–Crippen MR) is 129 cm³/mol. The minimum absolute atomic E-state index is 0.0586. The zero-order valence-corrected chi connectivity index (χ0v) is 20.2. The number of ether oxygens (including phenoxy) is 1. The van der Waals surface area contributed by atoms with Crippen LogP contribution in [0.15, 0.2) is 48.5 Å². The van der Waals surface area contributed by atoms with Gasteiger partial charge in [0.05, 0.1) is 12.3 Å². The van der Waals surface area contributed by atoms with Crippen LogP contribution >= 0.6 is 0 Å². The third-order valence-corrected chi connectivity index (χ3v) is 6.59. The highest BCUT2D eigenvalue weighted by atomic mass is 19.2. The third kappa shape index (κ3) is 5.40. The van der Waals surface area contributed by atoms with Gasteiger partial charge in [0, 0.05) is 18.0 Å². The van der Waals surface area contributed by atoms with Crippen molar-refractivity contribution in [2.75, 3.05) is 19.7 Å². The molecular weight excluding hydrogens is 507 g/mol. The number of rotatable bonds is 10. The molecule has 0 saturated carbocycles. The monoisotopic (exact) mass is 532 g/mol. The molecule has 5 nitrogen and oxygen atoms in total. The van der Waals surface area contributed by atoms with Gasteiger partial charge in [-0.3, -0.25) is 9.59 Å². The molecule has 1 aliphatic rings. The molecule has 38 heavy (non-hydrogen) atoms. The maximum absolute atomic E-state index is 14.3. The van der Waals surface area contributed by atoms with Crippen LogP contribution in [0.5, 0.6) is 0 Å². The van der Waals surface area contributed by atoms with Gasteiger partial charge < -0.3 is 15.8 Å². The highest BCUT2D eigenvalue weighted by Gasteiger charge is 2.32. The Morgan fingerprint density at radius 1 is 0.842 bits per heavy atom. The lowest BCUT2D eigenvalue weighted by Crippen LogP contribution is -2.35. The number of nitrogens with two attached hydrogens (primary N) is 1. The molecule has 0 aromatic heterocycles. The molecule has 0 aliphatic heterocycles. The Kier molecular flexibility index (Phi) is 8.41. The summed E-state index contributed by atoms with van der Waals surface area (Å²) in [5, 5.41) is 2.48. The van der Waals surface area contributed by atoms with Crippen molar-refractivity contribution in [1.82, 2.24) is 5.32 Å². The molecule has 1 amide bonds. The molecule has 4 rings (SSSR count). The van der Waals surface area contributed by atoms with Gasteiger partial charge in [-0.2, -0.15) is 0 Å². The van der Waals surface area contributed by atoms with E-state index < -0.39 is 65.3 Å². The number of carbonyl (C=O) groups is 2. The fraction of sp³-hybridized carbons (Fsp3) is 0.286. The maximum atomic E-state index is 14.3. The average molecular weight is 533 g/mol. The van der Waals surface area contributed by atoms with Crippen LogP contribution in [0.4, 0.5) is 22.0 Å². The third-order valence-electron chi connectivity index (χ3n) is 6.59. The van der Waals surface area contributed by atoms with E-state index in [1.54, 1.807) is 0 Å². The molecule has 3 aromatic rings. The van der Waals surface area contributed by atoms with Crippen LogP contribution in [0.3, 0.4) is 0 Å². The first-order valence-corrected chi connectivity index (χ1v) is 12.1. The molecule has 1 unspecified atom stereocenters. The van der Waals surface area contributed by atoms with Gasteiger partial charge in [-0.05, 0) is 41.6 Å². The van der Waals surface area contributed by atoms with E-state index in [0.717, 1.165) is 22.3 Å². The normalized spacial score (nSPS) is 13.1. The molecule has 0 heterocycles. The summed E-state index contributed by atoms with van der Waals surface area (Å²) < 4.78 is 75.1. The van der Waals surface area contributed by atoms with E-state index in [1.165, 1.54) is 0 Å². The van der Waals surface area contributed by atoms with Crippen molar-refractivity contribution >= 4 is 11.9 Å². The number of esters is 1. The molecule has 3 N–H and O–H groups in total. The van der Waals surface area contributed by atoms with Gasteiger partial charge in [-0.25, -0.2) is 22.0 Å². The lowest BCUT2D eigenvalue weighted by molar-refractivity contribution is -0.147. The van der Waals surface area contributed by atoms with Gasteiger partial charge >= 0.3 is 5.97 Å². The molecule has 0 bridgehead atoms. The van der Waals surface area contributed by atoms with Gasteiger partial charge in [-0.15, -0.1) is 0 Å². The second-order valence-corrected chi connectivity index (χ2v) is 9.00. The van der Waals surface area contributed by atoms with Crippen molar-refractivity contribution in [2.45, 2.75) is 25.2 Å². The van der Waals surface area contributed by atoms with Crippen molar-refractivity contribution in [3.05, 3.63) is 94.3 Å². The van der Waals surface area contributed by atoms with Crippen molar-refractivity contribution < 1.29 is 36.3 Å². The molecule has 1 atom stereocenters. The average Bonchev–Trinajstić information content (AvgIpc) is 3.25. The first-order chi connectivity index (χ1) is 18.2. The molecule has 1 aliphatic carbocycles. The number of benzene rings is 3. The lowest BCUT2D eigenvalue weighted by Gasteiger charge is -2.19. The van der Waals surface area contributed by atoms with E-state index >= 15 is 0 Å². The van der Waals surface area contributed by atoms with Crippen LogP contribution in [0.2, 0.25) is 0 Å². The van der Waals surface area contributed by atoms with Crippen molar-refractivity contribution in [3.63, 3.8) is 0 Å². The Hall–Kier alpha value is -3.79. The summed E-state index contributed by atoms with van der Waals surface area (Å²) in [6, 6.07) is 15.3. The largest absolute Gasteiger partial charge is 0.465 e. The van der Waals surface area contributed by atoms with Crippen molar-refractivity contribution in [1.29, 1.82) is 0 Å². The van der Waals surface area contributed by atoms with Crippen molar-refractivity contribution in [3.8, 4) is 11.1 Å². The van der Waals surface area contributed by atoms with Gasteiger partial charge in [0.1, 0.15) is 6.61 Å². The first-order valence-electron chi connectivity index (χ1n) is 12.1. The lowest BCUT2D eigenvalue weighted by atomic mass is 9.94. The van der Waals surface area contributed by atoms with Crippen molar-refractivity contribution in [2.24, 2.45) is 11.7 Å². The number of fused-ring (bicyclic) bond motifs is 3. The predicted octanol–water partition coefficient (Wildman–Crippen LogP) is 4.75. The van der Waals surface area contributed by atoms with Crippen LogP contribution in [0, 0.1) is 35.0 Å². The molecule has 200 valence electrons. The Morgan fingerprint density at radius 2 is 1.37 bits per heavy atom. The van der Waals surface area contributed by atoms with Crippen LogP contribution in [0.1, 0.15) is 35.4 Å². The molecule has 0 fully saturated rings. The quantitative estimate of drug-likeness (QED) is 0.130. The molecular formula is C28H25F5N2O3. The molecule has 10 heteroatoms. The molecule has 0 saturated heterocycles. The van der Waals surface area contributed by atoms with Crippen LogP contribution in [-0.2, 0) is 20.7 Å². The standard InChI is InChI=1S/C28H25F5N2O3/c29-23-20(24(30)26(32)27(33)25(23)31)12-15(28(37)35-11-5-10-34)13-22(36)38-14-21-18-8-3-1-6-16(18)17-7-2-4-9-19(17)21/h1-4,6-9,15,21H,5,10-14,34H2,(H,35,37). The second-order valence-electron chi connectivity index (χ2n) is 9.00. The van der Waals surface area contributed by atoms with Crippen LogP contribution < -0.4 is 11.1 Å². The summed E-state index contributed by atoms with van der Waals surface area (Å²) in [6.07, 6.45) is -1.15. The highest BCUT2D eigenvalue weighted by molar-refractivity contribution is 5.84. The fourth-order valence-electron chi connectivity index (χ4n) is 4.67. The van der Waals surface area contributed by atoms with E-state index in [9.17, 15) is 31.5 Å². The topological polar surface area (TPSA) is 81.4 Å². The molecule has 3 aromatic carbocycles. The van der Waals surface area contributed by atoms with Gasteiger partial charge in [-0.1, -0.05) is 48.5 Å². The summed E-state index contributed by atoms with van der Waals surface area (Å²) >= 11 is 0. The van der Waals surface area contributed by atoms with Crippen LogP contribution in [-0.4, -0.2) is 31.6 Å². The zero-order chi connectivity index (χ0) is 27.4. The SMILES string of the molecule is NCCCNC(=O)C(CC(=O)OCC1c2ccccc2-c2ccccc21)Cc1c(F)c(F)c(F)c(F)c1F. The van der Waals surface area contributed by atoms with E-state index in [-0.39, 0.29) is 25.6 Å². The number of halogens is 5. The van der Waals surface area contributed by atoms with Gasteiger partial charge in [0.2, 0.25) is 11.7 Å². The smallest absolute Gasteiger partial charge is 0.306 e. The Bertz CT molecular complexity index is 1290. The highest BCUT2D eigenvalue weighted by Crippen LogP contribution is 2.44. The van der Waals surface area contributed by atoms with E-state index in [1.807, 2.05) is 48.5 Å². The summed E-state index contributed by atoms with van der Waals surface area (Å²) in [4.78, 5) is 25.5. The van der Waals surface area contributed by atoms with E-state index in [2.05, 4.69) is 5.32 Å². The van der Waals surface area contributed by atoms with E-state index in [0.29, 0.717) is 6.42 Å². The molecule has 0 spiro atoms. The van der Waals surface area contributed by atoms with Gasteiger partial charge in [0.25, 0.3) is 0 Å². The number of carbonyl (C=O) groups excluding carboxylic acids is 2. The second kappa shape index (κ2) is 11.7. The zero-order valence-electron chi connectivity index (χ0n) is 20.2. The Morgan fingerprint density at radius 3 is 1.92 bits per heavy atom. The van der Waals surface area contributed by atoms with E-state index in [4.69, 9.17) is 10.5 Å². The summed E-state index contributed by atoms with van der Waals surface area (Å²) in [5.74, 6) is -14.0. The molecule has 0 radical (unpaired) electrons. The fourth-order valence-corrected chi connectivity index (χ4v) is 4.67. The maximum Gasteiger partial charge on any atom is 0.306 e. The minimum Gasteiger partial charge on any atom is -0.465 e. The summed E-state index contributed by atoms with van der Waals surface area (Å²) in [6.45, 7) is 0.291. The van der Waals surface area contributed by atoms with Gasteiger partial charge in [0.15, 0.2) is 23.3 Å². The number of hydrogen-bond acceptors (Lipinski definition) is 4. The number of hydrogen-bond donors (Lipinski definition) is 2. The first kappa shape index (κ1) is 27.3. The summed E-state index contributed by atoms with van der Waals surface area (Å²) in [7, 11) is 0. The number of nitrogens with one attached hydrogen (secondary N) is 1.